The van der Waals surface area contributed by atoms with Crippen molar-refractivity contribution in [3.8, 4) is 5.75 Å². The Bertz CT molecular complexity index is 900. The van der Waals surface area contributed by atoms with Crippen molar-refractivity contribution in [2.75, 3.05) is 6.54 Å². The van der Waals surface area contributed by atoms with Crippen LogP contribution in [0.3, 0.4) is 0 Å². The molecule has 120 valence electrons. The van der Waals surface area contributed by atoms with Crippen molar-refractivity contribution in [3.63, 3.8) is 0 Å². The largest absolute Gasteiger partial charge is 0.425 e. The Kier molecular flexibility index (Phi) is 4.38. The fourth-order valence-electron chi connectivity index (χ4n) is 2.27. The molecule has 0 spiro atoms. The zero-order valence-corrected chi connectivity index (χ0v) is 12.6. The van der Waals surface area contributed by atoms with Gasteiger partial charge in [0.25, 0.3) is 11.7 Å². The Labute approximate surface area is 137 Å². The molecule has 0 unspecified atom stereocenters. The maximum atomic E-state index is 12.2. The molecule has 0 radical (unpaired) electrons. The maximum absolute atomic E-state index is 12.2. The third-order valence-corrected chi connectivity index (χ3v) is 3.41. The summed E-state index contributed by atoms with van der Waals surface area (Å²) in [7, 11) is 0. The van der Waals surface area contributed by atoms with Gasteiger partial charge < -0.3 is 15.0 Å². The number of benzene rings is 2. The number of H-pyrrole nitrogens is 1. The number of hydrogen-bond acceptors (Lipinski definition) is 4. The molecule has 0 saturated carbocycles. The van der Waals surface area contributed by atoms with Crippen molar-refractivity contribution < 1.29 is 19.1 Å². The molecular formula is C18H14N2O4. The molecule has 6 heteroatoms. The first-order valence-corrected chi connectivity index (χ1v) is 7.29. The topological polar surface area (TPSA) is 88.3 Å². The van der Waals surface area contributed by atoms with Gasteiger partial charge in [0.1, 0.15) is 12.3 Å². The predicted molar refractivity (Wildman–Crippen MR) is 87.7 cm³/mol. The number of Topliss-reactive ketones (excluding diaryl/α,β-unsaturated/α-hetero) is 1. The van der Waals surface area contributed by atoms with Crippen LogP contribution in [0.5, 0.6) is 5.75 Å². The third-order valence-electron chi connectivity index (χ3n) is 3.41. The van der Waals surface area contributed by atoms with Crippen LogP contribution in [0.25, 0.3) is 10.9 Å². The number of hydrogen-bond donors (Lipinski definition) is 2. The van der Waals surface area contributed by atoms with Gasteiger partial charge in [-0.25, -0.2) is 4.79 Å². The van der Waals surface area contributed by atoms with Gasteiger partial charge in [-0.15, -0.1) is 0 Å². The number of para-hydroxylation sites is 2. The zero-order chi connectivity index (χ0) is 16.9. The highest BCUT2D eigenvalue weighted by molar-refractivity contribution is 6.45. The second-order valence-corrected chi connectivity index (χ2v) is 5.05. The summed E-state index contributed by atoms with van der Waals surface area (Å²) in [5, 5.41) is 2.94. The molecule has 0 bridgehead atoms. The van der Waals surface area contributed by atoms with Gasteiger partial charge in [-0.2, -0.15) is 0 Å². The lowest BCUT2D eigenvalue weighted by Gasteiger charge is -2.05. The summed E-state index contributed by atoms with van der Waals surface area (Å²) < 4.78 is 5.03. The second kappa shape index (κ2) is 6.78. The van der Waals surface area contributed by atoms with E-state index in [-0.39, 0.29) is 12.1 Å². The second-order valence-electron chi connectivity index (χ2n) is 5.05. The van der Waals surface area contributed by atoms with E-state index in [4.69, 9.17) is 4.74 Å². The number of rotatable bonds is 5. The van der Waals surface area contributed by atoms with Gasteiger partial charge in [-0.3, -0.25) is 9.59 Å². The Morgan fingerprint density at radius 1 is 0.958 bits per heavy atom. The van der Waals surface area contributed by atoms with E-state index in [1.165, 1.54) is 6.20 Å². The van der Waals surface area contributed by atoms with E-state index in [0.717, 1.165) is 5.52 Å². The number of aromatic nitrogens is 1. The monoisotopic (exact) mass is 322 g/mol. The van der Waals surface area contributed by atoms with Crippen molar-refractivity contribution >= 4 is 28.6 Å². The molecule has 0 aliphatic rings. The lowest BCUT2D eigenvalue weighted by molar-refractivity contribution is -0.134. The summed E-state index contributed by atoms with van der Waals surface area (Å²) in [6.45, 7) is -0.387. The molecule has 1 amide bonds. The maximum Gasteiger partial charge on any atom is 0.330 e. The third kappa shape index (κ3) is 3.33. The van der Waals surface area contributed by atoms with Crippen molar-refractivity contribution in [1.82, 2.24) is 10.3 Å². The molecule has 0 saturated heterocycles. The quantitative estimate of drug-likeness (QED) is 0.326. The van der Waals surface area contributed by atoms with Crippen molar-refractivity contribution in [2.45, 2.75) is 0 Å². The van der Waals surface area contributed by atoms with Gasteiger partial charge in [0.2, 0.25) is 0 Å². The van der Waals surface area contributed by atoms with Crippen molar-refractivity contribution in [1.29, 1.82) is 0 Å². The molecule has 0 aliphatic heterocycles. The molecular weight excluding hydrogens is 308 g/mol. The summed E-state index contributed by atoms with van der Waals surface area (Å²) in [5.41, 5.74) is 1.02. The average Bonchev–Trinajstić information content (AvgIpc) is 3.04. The lowest BCUT2D eigenvalue weighted by Crippen LogP contribution is -2.36. The average molecular weight is 322 g/mol. The number of carbonyl (C=O) groups is 3. The molecule has 24 heavy (non-hydrogen) atoms. The molecule has 3 rings (SSSR count). The molecule has 0 aliphatic carbocycles. The molecule has 0 fully saturated rings. The SMILES string of the molecule is O=C(CNC(=O)C(=O)c1c[nH]c2ccccc12)Oc1ccccc1. The van der Waals surface area contributed by atoms with Gasteiger partial charge in [-0.1, -0.05) is 36.4 Å². The molecule has 2 aromatic carbocycles. The van der Waals surface area contributed by atoms with E-state index in [1.807, 2.05) is 6.07 Å². The molecule has 1 aromatic heterocycles. The van der Waals surface area contributed by atoms with Crippen LogP contribution in [0, 0.1) is 0 Å². The van der Waals surface area contributed by atoms with Crippen LogP contribution in [0.4, 0.5) is 0 Å². The Balaban J connectivity index is 1.60. The molecule has 1 heterocycles. The number of ketones is 1. The summed E-state index contributed by atoms with van der Waals surface area (Å²) in [5.74, 6) is -1.84. The first kappa shape index (κ1) is 15.5. The molecule has 6 nitrogen and oxygen atoms in total. The number of nitrogens with one attached hydrogen (secondary N) is 2. The molecule has 0 atom stereocenters. The molecule has 3 aromatic rings. The number of esters is 1. The smallest absolute Gasteiger partial charge is 0.330 e. The normalized spacial score (nSPS) is 10.3. The number of aromatic amines is 1. The fraction of sp³-hybridized carbons (Fsp3) is 0.0556. The molecule has 2 N–H and O–H groups in total. The van der Waals surface area contributed by atoms with Gasteiger partial charge in [0.05, 0.1) is 5.56 Å². The van der Waals surface area contributed by atoms with E-state index >= 15 is 0 Å². The van der Waals surface area contributed by atoms with E-state index in [2.05, 4.69) is 10.3 Å². The summed E-state index contributed by atoms with van der Waals surface area (Å²) in [4.78, 5) is 38.8. The highest BCUT2D eigenvalue weighted by Gasteiger charge is 2.20. The number of fused-ring (bicyclic) bond motifs is 1. The Morgan fingerprint density at radius 2 is 1.67 bits per heavy atom. The van der Waals surface area contributed by atoms with E-state index in [9.17, 15) is 14.4 Å². The van der Waals surface area contributed by atoms with Crippen LogP contribution in [0.2, 0.25) is 0 Å². The van der Waals surface area contributed by atoms with Gasteiger partial charge in [-0.05, 0) is 18.2 Å². The van der Waals surface area contributed by atoms with Crippen LogP contribution < -0.4 is 10.1 Å². The minimum atomic E-state index is -0.857. The number of ether oxygens (including phenoxy) is 1. The standard InChI is InChI=1S/C18H14N2O4/c21-16(24-12-6-2-1-3-7-12)11-20-18(23)17(22)14-10-19-15-9-5-4-8-13(14)15/h1-10,19H,11H2,(H,20,23). The highest BCUT2D eigenvalue weighted by atomic mass is 16.5. The van der Waals surface area contributed by atoms with Crippen LogP contribution in [-0.4, -0.2) is 29.2 Å². The lowest BCUT2D eigenvalue weighted by atomic mass is 10.1. The Hall–Kier alpha value is -3.41. The fourth-order valence-corrected chi connectivity index (χ4v) is 2.27. The first-order valence-electron chi connectivity index (χ1n) is 7.29. The number of carbonyl (C=O) groups excluding carboxylic acids is 3. The van der Waals surface area contributed by atoms with Crippen molar-refractivity contribution in [3.05, 3.63) is 66.4 Å². The predicted octanol–water partition coefficient (Wildman–Crippen LogP) is 2.07. The van der Waals surface area contributed by atoms with Gasteiger partial charge >= 0.3 is 5.97 Å². The first-order chi connectivity index (χ1) is 11.6. The zero-order valence-electron chi connectivity index (χ0n) is 12.6. The minimum absolute atomic E-state index is 0.263. The minimum Gasteiger partial charge on any atom is -0.425 e. The van der Waals surface area contributed by atoms with Crippen molar-refractivity contribution in [2.24, 2.45) is 0 Å². The highest BCUT2D eigenvalue weighted by Crippen LogP contribution is 2.18. The van der Waals surface area contributed by atoms with Gasteiger partial charge in [0, 0.05) is 17.1 Å². The van der Waals surface area contributed by atoms with Gasteiger partial charge in [0.15, 0.2) is 0 Å². The Morgan fingerprint density at radius 3 is 2.46 bits per heavy atom. The number of amides is 1. The van der Waals surface area contributed by atoms with Crippen LogP contribution in [-0.2, 0) is 9.59 Å². The summed E-state index contributed by atoms with van der Waals surface area (Å²) in [6.07, 6.45) is 1.48. The van der Waals surface area contributed by atoms with E-state index < -0.39 is 17.7 Å². The van der Waals surface area contributed by atoms with E-state index in [0.29, 0.717) is 11.1 Å². The van der Waals surface area contributed by atoms with Crippen LogP contribution in [0.1, 0.15) is 10.4 Å². The summed E-state index contributed by atoms with van der Waals surface area (Å²) in [6, 6.07) is 15.6. The van der Waals surface area contributed by atoms with Crippen LogP contribution in [0.15, 0.2) is 60.8 Å². The van der Waals surface area contributed by atoms with Crippen LogP contribution >= 0.6 is 0 Å². The summed E-state index contributed by atoms with van der Waals surface area (Å²) >= 11 is 0. The van der Waals surface area contributed by atoms with E-state index in [1.54, 1.807) is 48.5 Å².